The number of carbonyl (C=O) groups is 1. The number of alkyl carbamates (subject to hydrolysis) is 1. The minimum absolute atomic E-state index is 0.0772. The van der Waals surface area contributed by atoms with Gasteiger partial charge >= 0.3 is 11.8 Å². The Morgan fingerprint density at radius 3 is 2.36 bits per heavy atom. The predicted octanol–water partition coefficient (Wildman–Crippen LogP) is 2.75. The van der Waals surface area contributed by atoms with Gasteiger partial charge in [-0.05, 0) is 32.9 Å². The van der Waals surface area contributed by atoms with Crippen LogP contribution >= 0.6 is 0 Å². The second-order valence-corrected chi connectivity index (χ2v) is 5.20. The summed E-state index contributed by atoms with van der Waals surface area (Å²) in [5.41, 5.74) is -1.95. The largest absolute Gasteiger partial charge is 0.444 e. The SMILES string of the molecule is CC(C)(C)OC(=O)NCC#Cc1cc(F)c([N+](=O)[O-])c(F)c1. The second kappa shape index (κ2) is 6.85. The molecule has 0 unspecified atom stereocenters. The van der Waals surface area contributed by atoms with Crippen molar-refractivity contribution in [3.05, 3.63) is 39.4 Å². The molecule has 0 heterocycles. The van der Waals surface area contributed by atoms with Crippen LogP contribution in [-0.2, 0) is 4.74 Å². The topological polar surface area (TPSA) is 81.5 Å². The zero-order valence-electron chi connectivity index (χ0n) is 12.2. The van der Waals surface area contributed by atoms with Gasteiger partial charge < -0.3 is 10.1 Å². The Labute approximate surface area is 125 Å². The Balaban J connectivity index is 2.70. The van der Waals surface area contributed by atoms with E-state index in [-0.39, 0.29) is 12.1 Å². The molecule has 1 aromatic carbocycles. The predicted molar refractivity (Wildman–Crippen MR) is 74.1 cm³/mol. The van der Waals surface area contributed by atoms with Gasteiger partial charge in [-0.1, -0.05) is 11.8 Å². The lowest BCUT2D eigenvalue weighted by atomic mass is 10.2. The molecular weight excluding hydrogens is 298 g/mol. The smallest absolute Gasteiger partial charge is 0.408 e. The number of hydrogen-bond donors (Lipinski definition) is 1. The van der Waals surface area contributed by atoms with Crippen LogP contribution in [0.3, 0.4) is 0 Å². The molecule has 0 fully saturated rings. The number of nitrogens with zero attached hydrogens (tertiary/aromatic N) is 1. The summed E-state index contributed by atoms with van der Waals surface area (Å²) >= 11 is 0. The van der Waals surface area contributed by atoms with E-state index in [9.17, 15) is 23.7 Å². The lowest BCUT2D eigenvalue weighted by molar-refractivity contribution is -0.390. The molecule has 0 aliphatic heterocycles. The Bertz CT molecular complexity index is 634. The molecule has 0 aliphatic carbocycles. The first kappa shape index (κ1) is 17.4. The Morgan fingerprint density at radius 2 is 1.91 bits per heavy atom. The molecule has 1 rings (SSSR count). The summed E-state index contributed by atoms with van der Waals surface area (Å²) < 4.78 is 31.6. The van der Waals surface area contributed by atoms with E-state index < -0.39 is 33.9 Å². The molecule has 0 saturated carbocycles. The van der Waals surface area contributed by atoms with E-state index in [2.05, 4.69) is 17.2 Å². The van der Waals surface area contributed by atoms with E-state index >= 15 is 0 Å². The maximum atomic E-state index is 13.3. The number of carbonyl (C=O) groups excluding carboxylic acids is 1. The average Bonchev–Trinajstić information content (AvgIpc) is 2.31. The van der Waals surface area contributed by atoms with E-state index in [1.54, 1.807) is 20.8 Å². The van der Waals surface area contributed by atoms with Gasteiger partial charge in [-0.2, -0.15) is 8.78 Å². The zero-order valence-corrected chi connectivity index (χ0v) is 12.2. The van der Waals surface area contributed by atoms with E-state index in [0.717, 1.165) is 12.1 Å². The van der Waals surface area contributed by atoms with Crippen molar-refractivity contribution in [2.75, 3.05) is 6.54 Å². The van der Waals surface area contributed by atoms with Gasteiger partial charge in [0.05, 0.1) is 11.5 Å². The summed E-state index contributed by atoms with van der Waals surface area (Å²) in [6.07, 6.45) is -0.678. The van der Waals surface area contributed by atoms with Gasteiger partial charge in [0.2, 0.25) is 11.6 Å². The van der Waals surface area contributed by atoms with E-state index in [4.69, 9.17) is 4.74 Å². The van der Waals surface area contributed by atoms with Crippen LogP contribution in [0.4, 0.5) is 19.3 Å². The van der Waals surface area contributed by atoms with Crippen LogP contribution in [-0.4, -0.2) is 23.2 Å². The molecule has 118 valence electrons. The first-order valence-electron chi connectivity index (χ1n) is 6.19. The van der Waals surface area contributed by atoms with Crippen LogP contribution in [0, 0.1) is 33.6 Å². The van der Waals surface area contributed by atoms with Crippen LogP contribution in [0.1, 0.15) is 26.3 Å². The third-order valence-electron chi connectivity index (χ3n) is 2.15. The van der Waals surface area contributed by atoms with Crippen LogP contribution in [0.2, 0.25) is 0 Å². The van der Waals surface area contributed by atoms with Crippen molar-refractivity contribution in [3.63, 3.8) is 0 Å². The summed E-state index contributed by atoms with van der Waals surface area (Å²) in [6.45, 7) is 4.98. The number of nitrogens with one attached hydrogen (secondary N) is 1. The molecule has 0 spiro atoms. The van der Waals surface area contributed by atoms with Crippen molar-refractivity contribution < 1.29 is 23.2 Å². The molecule has 22 heavy (non-hydrogen) atoms. The number of benzene rings is 1. The fraction of sp³-hybridized carbons (Fsp3) is 0.357. The number of hydrogen-bond acceptors (Lipinski definition) is 4. The second-order valence-electron chi connectivity index (χ2n) is 5.20. The molecule has 1 aromatic rings. The molecule has 0 aromatic heterocycles. The third-order valence-corrected chi connectivity index (χ3v) is 2.15. The van der Waals surface area contributed by atoms with Crippen molar-refractivity contribution in [1.29, 1.82) is 0 Å². The molecule has 0 radical (unpaired) electrons. The molecule has 6 nitrogen and oxygen atoms in total. The van der Waals surface area contributed by atoms with Crippen LogP contribution in [0.5, 0.6) is 0 Å². The molecular formula is C14H14F2N2O4. The van der Waals surface area contributed by atoms with Crippen molar-refractivity contribution >= 4 is 11.8 Å². The maximum absolute atomic E-state index is 13.3. The van der Waals surface area contributed by atoms with Gasteiger partial charge in [0.15, 0.2) is 0 Å². The molecule has 8 heteroatoms. The van der Waals surface area contributed by atoms with Crippen LogP contribution in [0.25, 0.3) is 0 Å². The first-order chi connectivity index (χ1) is 10.1. The average molecular weight is 312 g/mol. The van der Waals surface area contributed by atoms with Crippen molar-refractivity contribution in [1.82, 2.24) is 5.32 Å². The number of nitro benzene ring substituents is 1. The first-order valence-corrected chi connectivity index (χ1v) is 6.19. The van der Waals surface area contributed by atoms with Gasteiger partial charge in [-0.15, -0.1) is 0 Å². The monoisotopic (exact) mass is 312 g/mol. The summed E-state index contributed by atoms with van der Waals surface area (Å²) in [5.74, 6) is 2.22. The maximum Gasteiger partial charge on any atom is 0.408 e. The highest BCUT2D eigenvalue weighted by Crippen LogP contribution is 2.22. The fourth-order valence-corrected chi connectivity index (χ4v) is 1.39. The zero-order chi connectivity index (χ0) is 16.9. The Kier molecular flexibility index (Phi) is 5.40. The molecule has 0 atom stereocenters. The molecule has 0 bridgehead atoms. The normalized spacial score (nSPS) is 10.4. The summed E-state index contributed by atoms with van der Waals surface area (Å²) in [5, 5.41) is 12.8. The highest BCUT2D eigenvalue weighted by Gasteiger charge is 2.21. The van der Waals surface area contributed by atoms with Crippen LogP contribution in [0.15, 0.2) is 12.1 Å². The third kappa shape index (κ3) is 5.36. The van der Waals surface area contributed by atoms with E-state index in [1.807, 2.05) is 0 Å². The standard InChI is InChI=1S/C14H14F2N2O4/c1-14(2,3)22-13(19)17-6-4-5-9-7-10(15)12(18(20)21)11(16)8-9/h7-8H,6H2,1-3H3,(H,17,19). The lowest BCUT2D eigenvalue weighted by Gasteiger charge is -2.18. The highest BCUT2D eigenvalue weighted by atomic mass is 19.1. The number of nitro groups is 1. The summed E-state index contributed by atoms with van der Waals surface area (Å²) in [7, 11) is 0. The van der Waals surface area contributed by atoms with Gasteiger partial charge in [-0.3, -0.25) is 10.1 Å². The summed E-state index contributed by atoms with van der Waals surface area (Å²) in [6, 6.07) is 1.50. The fourth-order valence-electron chi connectivity index (χ4n) is 1.39. The lowest BCUT2D eigenvalue weighted by Crippen LogP contribution is -2.32. The van der Waals surface area contributed by atoms with E-state index in [1.165, 1.54) is 0 Å². The van der Waals surface area contributed by atoms with Gasteiger partial charge in [0.25, 0.3) is 0 Å². The van der Waals surface area contributed by atoms with Crippen molar-refractivity contribution in [2.45, 2.75) is 26.4 Å². The number of amides is 1. The minimum atomic E-state index is -1.31. The van der Waals surface area contributed by atoms with Crippen molar-refractivity contribution in [3.8, 4) is 11.8 Å². The van der Waals surface area contributed by atoms with Crippen LogP contribution < -0.4 is 5.32 Å². The molecule has 0 aliphatic rings. The number of rotatable bonds is 2. The van der Waals surface area contributed by atoms with Gasteiger partial charge in [-0.25, -0.2) is 4.79 Å². The molecule has 0 saturated heterocycles. The van der Waals surface area contributed by atoms with E-state index in [0.29, 0.717) is 0 Å². The van der Waals surface area contributed by atoms with Gasteiger partial charge in [0, 0.05) is 5.56 Å². The molecule has 1 N–H and O–H groups in total. The number of halogens is 2. The Morgan fingerprint density at radius 1 is 1.36 bits per heavy atom. The van der Waals surface area contributed by atoms with Gasteiger partial charge in [0.1, 0.15) is 5.60 Å². The number of ether oxygens (including phenoxy) is 1. The highest BCUT2D eigenvalue weighted by molar-refractivity contribution is 5.68. The molecule has 1 amide bonds. The summed E-state index contributed by atoms with van der Waals surface area (Å²) in [4.78, 5) is 20.6. The Hall–Kier alpha value is -2.69. The minimum Gasteiger partial charge on any atom is -0.444 e. The quantitative estimate of drug-likeness (QED) is 0.517. The van der Waals surface area contributed by atoms with Crippen molar-refractivity contribution in [2.24, 2.45) is 0 Å².